The van der Waals surface area contributed by atoms with Crippen molar-refractivity contribution in [2.45, 2.75) is 25.9 Å². The van der Waals surface area contributed by atoms with E-state index < -0.39 is 0 Å². The van der Waals surface area contributed by atoms with Gasteiger partial charge in [-0.25, -0.2) is 4.98 Å². The van der Waals surface area contributed by atoms with E-state index in [2.05, 4.69) is 57.4 Å². The number of hydrogen-bond acceptors (Lipinski definition) is 6. The Balaban J connectivity index is 1.57. The molecule has 0 amide bonds. The van der Waals surface area contributed by atoms with Crippen LogP contribution in [0.1, 0.15) is 23.4 Å². The maximum absolute atomic E-state index is 5.55. The first-order valence-electron chi connectivity index (χ1n) is 10.2. The van der Waals surface area contributed by atoms with Crippen molar-refractivity contribution in [1.82, 2.24) is 19.7 Å². The van der Waals surface area contributed by atoms with E-state index in [1.807, 2.05) is 12.3 Å². The van der Waals surface area contributed by atoms with Crippen LogP contribution in [0.2, 0.25) is 0 Å². The SMILES string of the molecule is COc1ccccc1CN1CCCC(CN(CCN(C)C)Cc2nccs2)C1. The van der Waals surface area contributed by atoms with Gasteiger partial charge in [-0.2, -0.15) is 0 Å². The van der Waals surface area contributed by atoms with Crippen molar-refractivity contribution < 1.29 is 4.74 Å². The minimum absolute atomic E-state index is 0.714. The van der Waals surface area contributed by atoms with E-state index in [1.165, 1.54) is 30.0 Å². The summed E-state index contributed by atoms with van der Waals surface area (Å²) in [7, 11) is 6.06. The second-order valence-corrected chi connectivity index (χ2v) is 9.00. The van der Waals surface area contributed by atoms with Gasteiger partial charge in [-0.1, -0.05) is 18.2 Å². The molecule has 5 nitrogen and oxygen atoms in total. The molecule has 0 aliphatic carbocycles. The molecule has 6 heteroatoms. The fourth-order valence-corrected chi connectivity index (χ4v) is 4.64. The third-order valence-electron chi connectivity index (χ3n) is 5.41. The number of benzene rings is 1. The van der Waals surface area contributed by atoms with Crippen molar-refractivity contribution >= 4 is 11.3 Å². The molecule has 154 valence electrons. The second kappa shape index (κ2) is 10.9. The zero-order valence-electron chi connectivity index (χ0n) is 17.5. The highest BCUT2D eigenvalue weighted by Gasteiger charge is 2.23. The standard InChI is InChI=1S/C22H34N4OS/c1-24(2)12-13-26(18-22-23-10-14-28-22)16-19-7-6-11-25(15-19)17-20-8-4-5-9-21(20)27-3/h4-5,8-10,14,19H,6-7,11-13,15-18H2,1-3H3. The van der Waals surface area contributed by atoms with Crippen molar-refractivity contribution in [3.8, 4) is 5.75 Å². The Morgan fingerprint density at radius 2 is 2.11 bits per heavy atom. The second-order valence-electron chi connectivity index (χ2n) is 8.02. The lowest BCUT2D eigenvalue weighted by Gasteiger charge is -2.36. The fraction of sp³-hybridized carbons (Fsp3) is 0.591. The minimum atomic E-state index is 0.714. The number of likely N-dealkylation sites (N-methyl/N-ethyl adjacent to an activating group) is 1. The molecule has 1 aliphatic heterocycles. The van der Waals surface area contributed by atoms with Gasteiger partial charge in [0.2, 0.25) is 0 Å². The molecule has 2 aromatic rings. The Morgan fingerprint density at radius 1 is 1.25 bits per heavy atom. The average Bonchev–Trinajstić information content (AvgIpc) is 3.20. The van der Waals surface area contributed by atoms with Gasteiger partial charge < -0.3 is 9.64 Å². The monoisotopic (exact) mass is 402 g/mol. The smallest absolute Gasteiger partial charge is 0.123 e. The highest BCUT2D eigenvalue weighted by Crippen LogP contribution is 2.24. The molecule has 1 aliphatic rings. The molecule has 0 spiro atoms. The number of aromatic nitrogens is 1. The van der Waals surface area contributed by atoms with Crippen LogP contribution in [-0.2, 0) is 13.1 Å². The Morgan fingerprint density at radius 3 is 2.86 bits per heavy atom. The van der Waals surface area contributed by atoms with Crippen LogP contribution in [0.5, 0.6) is 5.75 Å². The Hall–Kier alpha value is -1.47. The number of likely N-dealkylation sites (tertiary alicyclic amines) is 1. The van der Waals surface area contributed by atoms with Gasteiger partial charge >= 0.3 is 0 Å². The van der Waals surface area contributed by atoms with Gasteiger partial charge in [0.15, 0.2) is 0 Å². The summed E-state index contributed by atoms with van der Waals surface area (Å²) in [6.45, 7) is 7.61. The Bertz CT molecular complexity index is 692. The summed E-state index contributed by atoms with van der Waals surface area (Å²) in [5.74, 6) is 1.71. The number of para-hydroxylation sites is 1. The lowest BCUT2D eigenvalue weighted by molar-refractivity contribution is 0.120. The molecule has 3 rings (SSSR count). The Kier molecular flexibility index (Phi) is 8.27. The van der Waals surface area contributed by atoms with Gasteiger partial charge in [0.25, 0.3) is 0 Å². The number of rotatable bonds is 10. The first-order chi connectivity index (χ1) is 13.6. The van der Waals surface area contributed by atoms with E-state index in [0.29, 0.717) is 5.92 Å². The third-order valence-corrected chi connectivity index (χ3v) is 6.18. The molecule has 0 radical (unpaired) electrons. The van der Waals surface area contributed by atoms with Crippen molar-refractivity contribution in [3.05, 3.63) is 46.4 Å². The van der Waals surface area contributed by atoms with E-state index in [-0.39, 0.29) is 0 Å². The quantitative estimate of drug-likeness (QED) is 0.608. The zero-order chi connectivity index (χ0) is 19.8. The summed E-state index contributed by atoms with van der Waals surface area (Å²) in [5.41, 5.74) is 1.29. The molecule has 2 heterocycles. The number of hydrogen-bond donors (Lipinski definition) is 0. The van der Waals surface area contributed by atoms with Crippen LogP contribution in [-0.4, -0.2) is 73.6 Å². The number of nitrogens with zero attached hydrogens (tertiary/aromatic N) is 4. The highest BCUT2D eigenvalue weighted by atomic mass is 32.1. The molecule has 1 unspecified atom stereocenters. The minimum Gasteiger partial charge on any atom is -0.496 e. The molecule has 1 atom stereocenters. The number of thiazole rings is 1. The maximum Gasteiger partial charge on any atom is 0.123 e. The molecule has 0 saturated carbocycles. The summed E-state index contributed by atoms with van der Waals surface area (Å²) in [6.07, 6.45) is 4.51. The van der Waals surface area contributed by atoms with Crippen LogP contribution in [0.4, 0.5) is 0 Å². The fourth-order valence-electron chi connectivity index (χ4n) is 3.98. The molecular formula is C22H34N4OS. The number of methoxy groups -OCH3 is 1. The van der Waals surface area contributed by atoms with Crippen LogP contribution in [0.15, 0.2) is 35.8 Å². The van der Waals surface area contributed by atoms with Crippen LogP contribution in [0, 0.1) is 5.92 Å². The lowest BCUT2D eigenvalue weighted by atomic mass is 9.96. The maximum atomic E-state index is 5.55. The van der Waals surface area contributed by atoms with Crippen molar-refractivity contribution in [2.24, 2.45) is 5.92 Å². The Labute approximate surface area is 173 Å². The van der Waals surface area contributed by atoms with Crippen LogP contribution < -0.4 is 4.74 Å². The van der Waals surface area contributed by atoms with Crippen LogP contribution >= 0.6 is 11.3 Å². The van der Waals surface area contributed by atoms with Crippen molar-refractivity contribution in [3.63, 3.8) is 0 Å². The van der Waals surface area contributed by atoms with Gasteiger partial charge in [-0.3, -0.25) is 9.80 Å². The van der Waals surface area contributed by atoms with E-state index in [9.17, 15) is 0 Å². The van der Waals surface area contributed by atoms with E-state index in [1.54, 1.807) is 18.4 Å². The zero-order valence-corrected chi connectivity index (χ0v) is 18.3. The van der Waals surface area contributed by atoms with E-state index >= 15 is 0 Å². The van der Waals surface area contributed by atoms with E-state index in [0.717, 1.165) is 45.0 Å². The number of piperidine rings is 1. The average molecular weight is 403 g/mol. The van der Waals surface area contributed by atoms with Gasteiger partial charge in [-0.15, -0.1) is 11.3 Å². The highest BCUT2D eigenvalue weighted by molar-refractivity contribution is 7.09. The predicted molar refractivity (Wildman–Crippen MR) is 117 cm³/mol. The summed E-state index contributed by atoms with van der Waals surface area (Å²) < 4.78 is 5.55. The van der Waals surface area contributed by atoms with Gasteiger partial charge in [0, 0.05) is 49.9 Å². The molecule has 1 aromatic carbocycles. The normalized spacial score (nSPS) is 18.1. The number of ether oxygens (including phenoxy) is 1. The first kappa shape index (κ1) is 21.2. The topological polar surface area (TPSA) is 31.8 Å². The third kappa shape index (κ3) is 6.55. The lowest BCUT2D eigenvalue weighted by Crippen LogP contribution is -2.42. The molecule has 0 N–H and O–H groups in total. The van der Waals surface area contributed by atoms with Crippen molar-refractivity contribution in [2.75, 3.05) is 53.9 Å². The van der Waals surface area contributed by atoms with Gasteiger partial charge in [0.1, 0.15) is 10.8 Å². The summed E-state index contributed by atoms with van der Waals surface area (Å²) >= 11 is 1.76. The van der Waals surface area contributed by atoms with Crippen LogP contribution in [0.25, 0.3) is 0 Å². The first-order valence-corrected chi connectivity index (χ1v) is 11.1. The summed E-state index contributed by atoms with van der Waals surface area (Å²) in [4.78, 5) is 12.0. The predicted octanol–water partition coefficient (Wildman–Crippen LogP) is 3.43. The molecule has 1 fully saturated rings. The molecule has 0 bridgehead atoms. The van der Waals surface area contributed by atoms with E-state index in [4.69, 9.17) is 4.74 Å². The molecule has 1 aromatic heterocycles. The molecule has 1 saturated heterocycles. The van der Waals surface area contributed by atoms with Gasteiger partial charge in [0.05, 0.1) is 13.7 Å². The largest absolute Gasteiger partial charge is 0.496 e. The van der Waals surface area contributed by atoms with Crippen LogP contribution in [0.3, 0.4) is 0 Å². The summed E-state index contributed by atoms with van der Waals surface area (Å²) in [5, 5.41) is 3.30. The summed E-state index contributed by atoms with van der Waals surface area (Å²) in [6, 6.07) is 8.40. The molecular weight excluding hydrogens is 368 g/mol. The van der Waals surface area contributed by atoms with Crippen molar-refractivity contribution in [1.29, 1.82) is 0 Å². The van der Waals surface area contributed by atoms with Gasteiger partial charge in [-0.05, 0) is 45.5 Å². The molecule has 28 heavy (non-hydrogen) atoms.